The van der Waals surface area contributed by atoms with E-state index in [0.717, 1.165) is 66.3 Å². The lowest BCUT2D eigenvalue weighted by atomic mass is 9.96. The molecule has 0 atom stereocenters. The van der Waals surface area contributed by atoms with Gasteiger partial charge in [0.05, 0.1) is 12.2 Å². The van der Waals surface area contributed by atoms with E-state index in [9.17, 15) is 4.79 Å². The third-order valence-corrected chi connectivity index (χ3v) is 6.38. The molecule has 1 aliphatic heterocycles. The van der Waals surface area contributed by atoms with Crippen LogP contribution < -0.4 is 5.32 Å². The van der Waals surface area contributed by atoms with Crippen molar-refractivity contribution >= 4 is 11.6 Å². The van der Waals surface area contributed by atoms with Crippen molar-refractivity contribution in [1.29, 1.82) is 0 Å². The summed E-state index contributed by atoms with van der Waals surface area (Å²) in [6.07, 6.45) is 6.94. The molecular formula is C23H30N10O. The highest BCUT2D eigenvalue weighted by molar-refractivity contribution is 5.96. The van der Waals surface area contributed by atoms with Crippen LogP contribution in [0.4, 0.5) is 0 Å². The maximum atomic E-state index is 13.2. The Balaban J connectivity index is 1.29. The third kappa shape index (κ3) is 4.30. The number of carbonyl (C=O) groups excluding carboxylic acids is 1. The van der Waals surface area contributed by atoms with E-state index in [-0.39, 0.29) is 17.9 Å². The molecule has 0 saturated carbocycles. The lowest BCUT2D eigenvalue weighted by Gasteiger charge is -2.31. The molecule has 1 saturated heterocycles. The summed E-state index contributed by atoms with van der Waals surface area (Å²) in [6.45, 7) is 8.68. The molecule has 4 aromatic heterocycles. The minimum absolute atomic E-state index is 0.106. The fourth-order valence-corrected chi connectivity index (χ4v) is 4.68. The van der Waals surface area contributed by atoms with Gasteiger partial charge in [-0.3, -0.25) is 19.5 Å². The summed E-state index contributed by atoms with van der Waals surface area (Å²) in [5.41, 5.74) is 4.95. The number of piperidine rings is 1. The first-order valence-electron chi connectivity index (χ1n) is 11.7. The predicted octanol–water partition coefficient (Wildman–Crippen LogP) is 2.07. The largest absolute Gasteiger partial charge is 0.348 e. The molecule has 11 heteroatoms. The van der Waals surface area contributed by atoms with Crippen LogP contribution in [0.5, 0.6) is 0 Å². The van der Waals surface area contributed by atoms with Gasteiger partial charge in [0, 0.05) is 43.5 Å². The second-order valence-electron chi connectivity index (χ2n) is 9.31. The number of aromatic amines is 1. The summed E-state index contributed by atoms with van der Waals surface area (Å²) < 4.78 is 3.47. The molecule has 0 bridgehead atoms. The quantitative estimate of drug-likeness (QED) is 0.450. The lowest BCUT2D eigenvalue weighted by Crippen LogP contribution is -2.44. The highest BCUT2D eigenvalue weighted by atomic mass is 16.2. The number of hydrogen-bond acceptors (Lipinski definition) is 7. The Morgan fingerprint density at radius 1 is 1.26 bits per heavy atom. The van der Waals surface area contributed by atoms with E-state index in [4.69, 9.17) is 0 Å². The first-order chi connectivity index (χ1) is 16.4. The van der Waals surface area contributed by atoms with Gasteiger partial charge in [0.15, 0.2) is 11.5 Å². The second kappa shape index (κ2) is 8.98. The topological polar surface area (TPSA) is 122 Å². The van der Waals surface area contributed by atoms with Crippen LogP contribution >= 0.6 is 0 Å². The van der Waals surface area contributed by atoms with Crippen molar-refractivity contribution in [3.05, 3.63) is 47.6 Å². The summed E-state index contributed by atoms with van der Waals surface area (Å²) in [6, 6.07) is 2.17. The Kier molecular flexibility index (Phi) is 5.86. The number of hydrogen-bond donors (Lipinski definition) is 2. The first kappa shape index (κ1) is 22.2. The average molecular weight is 463 g/mol. The number of likely N-dealkylation sites (tertiary alicyclic amines) is 1. The van der Waals surface area contributed by atoms with Gasteiger partial charge in [-0.2, -0.15) is 15.3 Å². The molecule has 2 N–H and O–H groups in total. The smallest absolute Gasteiger partial charge is 0.269 e. The zero-order chi connectivity index (χ0) is 23.8. The monoisotopic (exact) mass is 462 g/mol. The molecule has 34 heavy (non-hydrogen) atoms. The van der Waals surface area contributed by atoms with Crippen LogP contribution in [-0.4, -0.2) is 69.5 Å². The van der Waals surface area contributed by atoms with Gasteiger partial charge in [-0.1, -0.05) is 13.8 Å². The fourth-order valence-electron chi connectivity index (χ4n) is 4.68. The maximum absolute atomic E-state index is 13.2. The van der Waals surface area contributed by atoms with Crippen LogP contribution in [-0.2, 0) is 13.6 Å². The number of nitrogens with zero attached hydrogens (tertiary/aromatic N) is 8. The van der Waals surface area contributed by atoms with Gasteiger partial charge < -0.3 is 5.32 Å². The highest BCUT2D eigenvalue weighted by Crippen LogP contribution is 2.31. The molecule has 0 aromatic carbocycles. The summed E-state index contributed by atoms with van der Waals surface area (Å²) in [5, 5.41) is 19.4. The van der Waals surface area contributed by atoms with E-state index in [1.165, 1.54) is 6.33 Å². The van der Waals surface area contributed by atoms with E-state index < -0.39 is 0 Å². The van der Waals surface area contributed by atoms with Crippen LogP contribution in [0.2, 0.25) is 0 Å². The molecule has 0 unspecified atom stereocenters. The summed E-state index contributed by atoms with van der Waals surface area (Å²) >= 11 is 0. The summed E-state index contributed by atoms with van der Waals surface area (Å²) in [7, 11) is 1.87. The molecule has 11 nitrogen and oxygen atoms in total. The Morgan fingerprint density at radius 2 is 2.06 bits per heavy atom. The van der Waals surface area contributed by atoms with Gasteiger partial charge in [0.25, 0.3) is 5.91 Å². The molecule has 5 rings (SSSR count). The highest BCUT2D eigenvalue weighted by Gasteiger charge is 2.27. The van der Waals surface area contributed by atoms with Crippen molar-refractivity contribution in [2.24, 2.45) is 7.05 Å². The number of aromatic nitrogens is 8. The zero-order valence-corrected chi connectivity index (χ0v) is 20.0. The number of fused-ring (bicyclic) bond motifs is 1. The molecule has 5 heterocycles. The Morgan fingerprint density at radius 3 is 2.76 bits per heavy atom. The first-order valence-corrected chi connectivity index (χ1v) is 11.7. The van der Waals surface area contributed by atoms with Crippen LogP contribution in [0.25, 0.3) is 16.9 Å². The maximum Gasteiger partial charge on any atom is 0.269 e. The van der Waals surface area contributed by atoms with Crippen LogP contribution in [0, 0.1) is 6.92 Å². The number of carbonyl (C=O) groups is 1. The van der Waals surface area contributed by atoms with E-state index in [1.54, 1.807) is 15.5 Å². The van der Waals surface area contributed by atoms with E-state index in [0.29, 0.717) is 5.69 Å². The zero-order valence-electron chi connectivity index (χ0n) is 20.0. The number of amides is 1. The minimum Gasteiger partial charge on any atom is -0.348 e. The SMILES string of the molecule is Cc1cc(-c2n[nH]c(C(=O)NC3CCN(Cc4ncn(C)n4)CC3)c2C(C)C)cn2ncnc12. The van der Waals surface area contributed by atoms with E-state index in [1.807, 2.05) is 26.2 Å². The molecular weight excluding hydrogens is 432 g/mol. The molecule has 0 radical (unpaired) electrons. The average Bonchev–Trinajstić information content (AvgIpc) is 3.54. The fraction of sp³-hybridized carbons (Fsp3) is 0.478. The number of rotatable bonds is 6. The molecule has 0 aliphatic carbocycles. The summed E-state index contributed by atoms with van der Waals surface area (Å²) in [5.74, 6) is 0.843. The van der Waals surface area contributed by atoms with E-state index in [2.05, 4.69) is 54.4 Å². The van der Waals surface area contributed by atoms with E-state index >= 15 is 0 Å². The number of H-pyrrole nitrogens is 1. The van der Waals surface area contributed by atoms with Crippen molar-refractivity contribution in [3.63, 3.8) is 0 Å². The van der Waals surface area contributed by atoms with Crippen molar-refractivity contribution in [3.8, 4) is 11.3 Å². The van der Waals surface area contributed by atoms with Gasteiger partial charge in [0.1, 0.15) is 18.3 Å². The summed E-state index contributed by atoms with van der Waals surface area (Å²) in [4.78, 5) is 24.2. The van der Waals surface area contributed by atoms with Crippen molar-refractivity contribution in [2.75, 3.05) is 13.1 Å². The second-order valence-corrected chi connectivity index (χ2v) is 9.31. The number of pyridine rings is 1. The van der Waals surface area contributed by atoms with Crippen molar-refractivity contribution in [1.82, 2.24) is 49.8 Å². The standard InChI is InChI=1S/C23H30N10O/c1-14(2)19-20(16-9-15(3)22-24-12-26-33(22)10-16)28-29-21(19)23(34)27-17-5-7-32(8-6-17)11-18-25-13-31(4)30-18/h9-10,12-14,17H,5-8,11H2,1-4H3,(H,27,34)(H,28,29). The third-order valence-electron chi connectivity index (χ3n) is 6.38. The molecule has 1 aliphatic rings. The van der Waals surface area contributed by atoms with Gasteiger partial charge in [-0.05, 0) is 37.3 Å². The predicted molar refractivity (Wildman–Crippen MR) is 126 cm³/mol. The Bertz CT molecular complexity index is 1310. The van der Waals surface area contributed by atoms with Crippen molar-refractivity contribution < 1.29 is 4.79 Å². The normalized spacial score (nSPS) is 15.4. The van der Waals surface area contributed by atoms with Gasteiger partial charge in [-0.25, -0.2) is 14.5 Å². The molecule has 1 fully saturated rings. The van der Waals surface area contributed by atoms with Crippen LogP contribution in [0.15, 0.2) is 24.9 Å². The van der Waals surface area contributed by atoms with Gasteiger partial charge in [0.2, 0.25) is 0 Å². The lowest BCUT2D eigenvalue weighted by molar-refractivity contribution is 0.0901. The van der Waals surface area contributed by atoms with Crippen LogP contribution in [0.1, 0.15) is 60.0 Å². The Hall–Kier alpha value is -3.60. The van der Waals surface area contributed by atoms with Crippen LogP contribution in [0.3, 0.4) is 0 Å². The minimum atomic E-state index is -0.106. The van der Waals surface area contributed by atoms with Crippen molar-refractivity contribution in [2.45, 2.75) is 52.1 Å². The molecule has 178 valence electrons. The van der Waals surface area contributed by atoms with Gasteiger partial charge >= 0.3 is 0 Å². The Labute approximate surface area is 197 Å². The molecule has 1 amide bonds. The number of aryl methyl sites for hydroxylation is 2. The van der Waals surface area contributed by atoms with Gasteiger partial charge in [-0.15, -0.1) is 0 Å². The number of nitrogens with one attached hydrogen (secondary N) is 2. The molecule has 0 spiro atoms. The molecule has 4 aromatic rings.